The van der Waals surface area contributed by atoms with E-state index in [9.17, 15) is 0 Å². The molecule has 0 spiro atoms. The fourth-order valence-electron chi connectivity index (χ4n) is 5.96. The van der Waals surface area contributed by atoms with Crippen LogP contribution in [0.15, 0.2) is 70.6 Å². The molecule has 0 amide bonds. The van der Waals surface area contributed by atoms with Gasteiger partial charge in [-0.05, 0) is 57.5 Å². The van der Waals surface area contributed by atoms with E-state index in [0.29, 0.717) is 0 Å². The molecular formula is C33H36NSSi+. The van der Waals surface area contributed by atoms with Gasteiger partial charge in [0.05, 0.1) is 19.0 Å². The summed E-state index contributed by atoms with van der Waals surface area (Å²) >= 11 is 2.00. The molecule has 1 aliphatic rings. The Labute approximate surface area is 220 Å². The Bertz CT molecular complexity index is 1720. The van der Waals surface area contributed by atoms with Crippen LogP contribution in [0.3, 0.4) is 0 Å². The van der Waals surface area contributed by atoms with Gasteiger partial charge >= 0.3 is 0 Å². The number of benzene rings is 4. The normalized spacial score (nSPS) is 13.6. The summed E-state index contributed by atoms with van der Waals surface area (Å²) in [4.78, 5) is 2.84. The van der Waals surface area contributed by atoms with Gasteiger partial charge in [0.2, 0.25) is 5.69 Å². The Balaban J connectivity index is 1.77. The number of aryl methyl sites for hydroxylation is 2. The van der Waals surface area contributed by atoms with Gasteiger partial charge in [0.25, 0.3) is 0 Å². The lowest BCUT2D eigenvalue weighted by Crippen LogP contribution is -2.37. The predicted molar refractivity (Wildman–Crippen MR) is 161 cm³/mol. The maximum Gasteiger partial charge on any atom is 0.222 e. The SMILES string of the molecule is Cc1c2c(c(CC(C)(C)C)c3ccccc13)Sc1cc3ccc([Si](C)(C)C)cc3c3cc[n+](C)c-2c13. The lowest BCUT2D eigenvalue weighted by molar-refractivity contribution is -0.659. The number of hydrogen-bond donors (Lipinski definition) is 0. The zero-order valence-corrected chi connectivity index (χ0v) is 24.7. The van der Waals surface area contributed by atoms with E-state index in [1.54, 1.807) is 0 Å². The van der Waals surface area contributed by atoms with E-state index < -0.39 is 8.07 Å². The number of nitrogens with zero attached hydrogens (tertiary/aromatic N) is 1. The van der Waals surface area contributed by atoms with Crippen molar-refractivity contribution in [2.75, 3.05) is 0 Å². The maximum absolute atomic E-state index is 2.49. The fourth-order valence-corrected chi connectivity index (χ4v) is 8.50. The minimum absolute atomic E-state index is 0.206. The van der Waals surface area contributed by atoms with Crippen molar-refractivity contribution in [3.05, 3.63) is 71.9 Å². The van der Waals surface area contributed by atoms with E-state index >= 15 is 0 Å². The lowest BCUT2D eigenvalue weighted by atomic mass is 9.83. The maximum atomic E-state index is 2.49. The number of pyridine rings is 1. The summed E-state index contributed by atoms with van der Waals surface area (Å²) < 4.78 is 2.36. The van der Waals surface area contributed by atoms with Gasteiger partial charge in [-0.3, -0.25) is 0 Å². The monoisotopic (exact) mass is 506 g/mol. The molecule has 36 heavy (non-hydrogen) atoms. The second-order valence-corrected chi connectivity index (χ2v) is 18.9. The summed E-state index contributed by atoms with van der Waals surface area (Å²) in [6, 6.07) is 21.1. The number of rotatable bonds is 2. The topological polar surface area (TPSA) is 3.88 Å². The van der Waals surface area contributed by atoms with Crippen molar-refractivity contribution in [1.82, 2.24) is 0 Å². The first-order valence-corrected chi connectivity index (χ1v) is 17.4. The van der Waals surface area contributed by atoms with Crippen LogP contribution in [0.5, 0.6) is 0 Å². The summed E-state index contributed by atoms with van der Waals surface area (Å²) in [5.41, 5.74) is 5.91. The first-order chi connectivity index (χ1) is 16.9. The van der Waals surface area contributed by atoms with Crippen molar-refractivity contribution in [2.45, 2.75) is 63.5 Å². The summed E-state index contributed by atoms with van der Waals surface area (Å²) in [6.45, 7) is 16.7. The van der Waals surface area contributed by atoms with Crippen LogP contribution in [0.25, 0.3) is 43.6 Å². The van der Waals surface area contributed by atoms with Crippen LogP contribution in [-0.2, 0) is 13.5 Å². The van der Waals surface area contributed by atoms with Crippen molar-refractivity contribution in [3.63, 3.8) is 0 Å². The zero-order chi connectivity index (χ0) is 25.6. The van der Waals surface area contributed by atoms with E-state index in [1.807, 2.05) is 11.8 Å². The molecule has 0 saturated heterocycles. The third-order valence-corrected chi connectivity index (χ3v) is 11.0. The zero-order valence-electron chi connectivity index (χ0n) is 22.8. The molecule has 1 aliphatic heterocycles. The highest BCUT2D eigenvalue weighted by atomic mass is 32.2. The number of fused-ring (bicyclic) bond motifs is 5. The van der Waals surface area contributed by atoms with Gasteiger partial charge in [-0.2, -0.15) is 0 Å². The van der Waals surface area contributed by atoms with Crippen LogP contribution in [0, 0.1) is 12.3 Å². The van der Waals surface area contributed by atoms with Gasteiger partial charge in [0.15, 0.2) is 6.20 Å². The van der Waals surface area contributed by atoms with Gasteiger partial charge in [-0.25, -0.2) is 4.57 Å². The molecule has 0 radical (unpaired) electrons. The average molecular weight is 507 g/mol. The molecule has 0 N–H and O–H groups in total. The van der Waals surface area contributed by atoms with Gasteiger partial charge in [0.1, 0.15) is 7.05 Å². The molecule has 4 aromatic carbocycles. The molecule has 0 aliphatic carbocycles. The summed E-state index contributed by atoms with van der Waals surface area (Å²) in [6.07, 6.45) is 3.34. The highest BCUT2D eigenvalue weighted by Gasteiger charge is 2.33. The van der Waals surface area contributed by atoms with Crippen molar-refractivity contribution in [2.24, 2.45) is 12.5 Å². The standard InChI is InChI=1S/C33H36NSSi/c1-20-23-11-9-10-12-24(23)27(19-33(2,3)4)32-29(20)31-30-25(15-16-34(31)5)26-18-22(36(6,7)8)14-13-21(26)17-28(30)35-32/h9-18H,19H2,1-8H3/q+1. The molecule has 0 saturated carbocycles. The molecule has 1 aromatic heterocycles. The summed E-state index contributed by atoms with van der Waals surface area (Å²) in [7, 11) is 0.813. The Hall–Kier alpha value is -2.62. The van der Waals surface area contributed by atoms with E-state index in [4.69, 9.17) is 0 Å². The molecule has 0 unspecified atom stereocenters. The Morgan fingerprint density at radius 1 is 0.861 bits per heavy atom. The van der Waals surface area contributed by atoms with Gasteiger partial charge < -0.3 is 0 Å². The van der Waals surface area contributed by atoms with E-state index in [-0.39, 0.29) is 5.41 Å². The third-order valence-electron chi connectivity index (χ3n) is 7.75. The molecule has 182 valence electrons. The molecule has 1 nitrogen and oxygen atoms in total. The number of hydrogen-bond acceptors (Lipinski definition) is 1. The van der Waals surface area contributed by atoms with Gasteiger partial charge in [-0.15, -0.1) is 0 Å². The molecule has 0 atom stereocenters. The second kappa shape index (κ2) is 7.94. The van der Waals surface area contributed by atoms with Crippen molar-refractivity contribution in [3.8, 4) is 11.3 Å². The number of aromatic nitrogens is 1. The highest BCUT2D eigenvalue weighted by Crippen LogP contribution is 2.53. The molecule has 6 rings (SSSR count). The molecule has 5 aromatic rings. The van der Waals surface area contributed by atoms with Crippen molar-refractivity contribution < 1.29 is 4.57 Å². The Kier molecular flexibility index (Phi) is 5.24. The second-order valence-electron chi connectivity index (χ2n) is 12.8. The lowest BCUT2D eigenvalue weighted by Gasteiger charge is -2.28. The third kappa shape index (κ3) is 3.62. The quantitative estimate of drug-likeness (QED) is 0.129. The van der Waals surface area contributed by atoms with E-state index in [2.05, 4.69) is 120 Å². The minimum atomic E-state index is -1.41. The molecule has 3 heteroatoms. The minimum Gasteiger partial charge on any atom is -0.200 e. The summed E-state index contributed by atoms with van der Waals surface area (Å²) in [5, 5.41) is 9.88. The van der Waals surface area contributed by atoms with Gasteiger partial charge in [0, 0.05) is 21.2 Å². The van der Waals surface area contributed by atoms with Crippen LogP contribution in [-0.4, -0.2) is 8.07 Å². The largest absolute Gasteiger partial charge is 0.222 e. The Morgan fingerprint density at radius 3 is 2.28 bits per heavy atom. The van der Waals surface area contributed by atoms with Crippen LogP contribution in [0.2, 0.25) is 19.6 Å². The van der Waals surface area contributed by atoms with Crippen LogP contribution >= 0.6 is 11.8 Å². The summed E-state index contributed by atoms with van der Waals surface area (Å²) in [5.74, 6) is 0. The molecular weight excluding hydrogens is 471 g/mol. The van der Waals surface area contributed by atoms with E-state index in [0.717, 1.165) is 6.42 Å². The predicted octanol–water partition coefficient (Wildman–Crippen LogP) is 8.54. The van der Waals surface area contributed by atoms with E-state index in [1.165, 1.54) is 69.7 Å². The van der Waals surface area contributed by atoms with Crippen LogP contribution in [0.1, 0.15) is 31.9 Å². The Morgan fingerprint density at radius 2 is 1.58 bits per heavy atom. The van der Waals surface area contributed by atoms with Crippen molar-refractivity contribution >= 4 is 57.3 Å². The first-order valence-electron chi connectivity index (χ1n) is 13.1. The van der Waals surface area contributed by atoms with Crippen LogP contribution in [0.4, 0.5) is 0 Å². The van der Waals surface area contributed by atoms with Gasteiger partial charge in [-0.1, -0.05) is 99.8 Å². The van der Waals surface area contributed by atoms with Crippen LogP contribution < -0.4 is 9.75 Å². The first kappa shape index (κ1) is 23.8. The molecule has 2 heterocycles. The fraction of sp³-hybridized carbons (Fsp3) is 0.303. The molecule has 0 fully saturated rings. The van der Waals surface area contributed by atoms with Crippen molar-refractivity contribution in [1.29, 1.82) is 0 Å². The smallest absolute Gasteiger partial charge is 0.200 e. The molecule has 0 bridgehead atoms. The highest BCUT2D eigenvalue weighted by molar-refractivity contribution is 8.00. The average Bonchev–Trinajstić information content (AvgIpc) is 2.81.